The Kier molecular flexibility index (Phi) is 2.62. The van der Waals surface area contributed by atoms with Gasteiger partial charge in [-0.3, -0.25) is 0 Å². The minimum atomic E-state index is 0.200. The van der Waals surface area contributed by atoms with Crippen LogP contribution in [-0.4, -0.2) is 18.2 Å². The van der Waals surface area contributed by atoms with Gasteiger partial charge >= 0.3 is 0 Å². The van der Waals surface area contributed by atoms with Gasteiger partial charge in [0.15, 0.2) is 6.61 Å². The van der Waals surface area contributed by atoms with E-state index in [1.807, 2.05) is 36.4 Å². The van der Waals surface area contributed by atoms with Crippen LogP contribution in [0.5, 0.6) is 11.6 Å². The first-order valence-electron chi connectivity index (χ1n) is 5.68. The molecular formula is C15H11NO2. The molecule has 3 heteroatoms. The lowest BCUT2D eigenvalue weighted by Crippen LogP contribution is -2.06. The molecule has 0 fully saturated rings. The second kappa shape index (κ2) is 4.42. The van der Waals surface area contributed by atoms with Crippen molar-refractivity contribution in [3.63, 3.8) is 0 Å². The number of para-hydroxylation sites is 1. The number of pyridine rings is 1. The molecule has 0 amide bonds. The Bertz CT molecular complexity index is 668. The molecular weight excluding hydrogens is 226 g/mol. The molecule has 1 aliphatic heterocycles. The summed E-state index contributed by atoms with van der Waals surface area (Å²) in [5.41, 5.74) is 1.70. The highest BCUT2D eigenvalue weighted by molar-refractivity contribution is 5.90. The summed E-state index contributed by atoms with van der Waals surface area (Å²) in [5, 5.41) is 0.991. The zero-order valence-electron chi connectivity index (χ0n) is 9.72. The number of terminal acetylenes is 1. The second-order valence-electron chi connectivity index (χ2n) is 3.88. The maximum atomic E-state index is 5.70. The molecule has 1 aromatic heterocycles. The van der Waals surface area contributed by atoms with E-state index in [-0.39, 0.29) is 6.61 Å². The summed E-state index contributed by atoms with van der Waals surface area (Å²) < 4.78 is 11.2. The van der Waals surface area contributed by atoms with Gasteiger partial charge in [0.25, 0.3) is 0 Å². The maximum Gasteiger partial charge on any atom is 0.226 e. The van der Waals surface area contributed by atoms with Crippen molar-refractivity contribution in [2.45, 2.75) is 0 Å². The number of hydrogen-bond acceptors (Lipinski definition) is 3. The third-order valence-corrected chi connectivity index (χ3v) is 2.75. The van der Waals surface area contributed by atoms with Gasteiger partial charge in [0.2, 0.25) is 5.88 Å². The zero-order chi connectivity index (χ0) is 12.4. The molecule has 2 aromatic rings. The summed E-state index contributed by atoms with van der Waals surface area (Å²) in [7, 11) is 0. The molecule has 0 bridgehead atoms. The van der Waals surface area contributed by atoms with Gasteiger partial charge in [0.1, 0.15) is 12.4 Å². The fraction of sp³-hybridized carbons (Fsp3) is 0.133. The van der Waals surface area contributed by atoms with Crippen molar-refractivity contribution in [3.05, 3.63) is 35.9 Å². The van der Waals surface area contributed by atoms with Gasteiger partial charge in [-0.2, -0.15) is 0 Å². The molecule has 0 saturated heterocycles. The molecule has 88 valence electrons. The lowest BCUT2D eigenvalue weighted by molar-refractivity contribution is 0.338. The highest BCUT2D eigenvalue weighted by Crippen LogP contribution is 2.37. The largest absolute Gasteiger partial charge is 0.488 e. The van der Waals surface area contributed by atoms with Gasteiger partial charge in [-0.1, -0.05) is 18.1 Å². The summed E-state index contributed by atoms with van der Waals surface area (Å²) in [6.07, 6.45) is 9.11. The minimum Gasteiger partial charge on any atom is -0.488 e. The molecule has 1 aliphatic rings. The summed E-state index contributed by atoms with van der Waals surface area (Å²) in [6.45, 7) is 0.765. The molecule has 0 aliphatic carbocycles. The van der Waals surface area contributed by atoms with Crippen LogP contribution in [0.2, 0.25) is 0 Å². The Morgan fingerprint density at radius 3 is 3.17 bits per heavy atom. The Morgan fingerprint density at radius 2 is 2.28 bits per heavy atom. The van der Waals surface area contributed by atoms with Crippen LogP contribution in [0.15, 0.2) is 30.3 Å². The first-order chi connectivity index (χ1) is 8.90. The molecule has 2 heterocycles. The summed E-state index contributed by atoms with van der Waals surface area (Å²) >= 11 is 0. The van der Waals surface area contributed by atoms with E-state index in [9.17, 15) is 0 Å². The van der Waals surface area contributed by atoms with E-state index in [1.54, 1.807) is 0 Å². The van der Waals surface area contributed by atoms with Gasteiger partial charge in [0.05, 0.1) is 11.1 Å². The van der Waals surface area contributed by atoms with Crippen molar-refractivity contribution < 1.29 is 9.47 Å². The molecule has 0 radical (unpaired) electrons. The lowest BCUT2D eigenvalue weighted by Gasteiger charge is -2.17. The van der Waals surface area contributed by atoms with Crippen LogP contribution in [0.3, 0.4) is 0 Å². The standard InChI is InChI=1S/C15H11NO2/c1-2-9-18-15-12-7-5-10-17-14(12)11-6-3-4-8-13(11)16-15/h1,3-8H,9-10H2. The van der Waals surface area contributed by atoms with Crippen molar-refractivity contribution in [2.75, 3.05) is 13.2 Å². The molecule has 0 spiro atoms. The molecule has 0 saturated carbocycles. The van der Waals surface area contributed by atoms with Crippen LogP contribution in [0.25, 0.3) is 17.0 Å². The average Bonchev–Trinajstić information content (AvgIpc) is 2.45. The van der Waals surface area contributed by atoms with Gasteiger partial charge in [0, 0.05) is 5.39 Å². The van der Waals surface area contributed by atoms with E-state index in [1.165, 1.54) is 0 Å². The fourth-order valence-electron chi connectivity index (χ4n) is 1.99. The summed E-state index contributed by atoms with van der Waals surface area (Å²) in [4.78, 5) is 4.48. The van der Waals surface area contributed by atoms with E-state index < -0.39 is 0 Å². The topological polar surface area (TPSA) is 31.4 Å². The number of hydrogen-bond donors (Lipinski definition) is 0. The van der Waals surface area contributed by atoms with Crippen LogP contribution < -0.4 is 9.47 Å². The second-order valence-corrected chi connectivity index (χ2v) is 3.88. The van der Waals surface area contributed by atoms with E-state index in [2.05, 4.69) is 10.9 Å². The fourth-order valence-corrected chi connectivity index (χ4v) is 1.99. The third kappa shape index (κ3) is 1.68. The number of aromatic nitrogens is 1. The molecule has 3 rings (SSSR count). The predicted octanol–water partition coefficient (Wildman–Crippen LogP) is 2.65. The van der Waals surface area contributed by atoms with E-state index >= 15 is 0 Å². The maximum absolute atomic E-state index is 5.70. The van der Waals surface area contributed by atoms with Crippen molar-refractivity contribution in [1.29, 1.82) is 0 Å². The van der Waals surface area contributed by atoms with Crippen LogP contribution in [0, 0.1) is 12.3 Å². The first kappa shape index (κ1) is 10.7. The van der Waals surface area contributed by atoms with Crippen LogP contribution in [-0.2, 0) is 0 Å². The Morgan fingerprint density at radius 1 is 1.39 bits per heavy atom. The van der Waals surface area contributed by atoms with Gasteiger partial charge in [-0.25, -0.2) is 4.98 Å². The van der Waals surface area contributed by atoms with Crippen molar-refractivity contribution in [1.82, 2.24) is 4.98 Å². The van der Waals surface area contributed by atoms with Crippen LogP contribution in [0.4, 0.5) is 0 Å². The lowest BCUT2D eigenvalue weighted by atomic mass is 10.1. The summed E-state index contributed by atoms with van der Waals surface area (Å²) in [5.74, 6) is 3.78. The highest BCUT2D eigenvalue weighted by atomic mass is 16.5. The van der Waals surface area contributed by atoms with E-state index in [0.29, 0.717) is 12.5 Å². The summed E-state index contributed by atoms with van der Waals surface area (Å²) in [6, 6.07) is 7.82. The average molecular weight is 237 g/mol. The normalized spacial score (nSPS) is 12.6. The Labute approximate surface area is 105 Å². The van der Waals surface area contributed by atoms with E-state index in [4.69, 9.17) is 15.9 Å². The predicted molar refractivity (Wildman–Crippen MR) is 70.6 cm³/mol. The smallest absolute Gasteiger partial charge is 0.226 e. The number of ether oxygens (including phenoxy) is 2. The van der Waals surface area contributed by atoms with Crippen LogP contribution >= 0.6 is 0 Å². The molecule has 0 atom stereocenters. The molecule has 1 aromatic carbocycles. The number of benzene rings is 1. The van der Waals surface area contributed by atoms with Gasteiger partial charge < -0.3 is 9.47 Å². The number of rotatable bonds is 2. The zero-order valence-corrected chi connectivity index (χ0v) is 9.72. The van der Waals surface area contributed by atoms with Gasteiger partial charge in [-0.15, -0.1) is 6.42 Å². The molecule has 18 heavy (non-hydrogen) atoms. The Balaban J connectivity index is 2.24. The quantitative estimate of drug-likeness (QED) is 0.752. The van der Waals surface area contributed by atoms with Crippen LogP contribution in [0.1, 0.15) is 5.56 Å². The molecule has 0 unspecified atom stereocenters. The highest BCUT2D eigenvalue weighted by Gasteiger charge is 2.17. The molecule has 0 N–H and O–H groups in total. The van der Waals surface area contributed by atoms with Gasteiger partial charge in [-0.05, 0) is 24.3 Å². The third-order valence-electron chi connectivity index (χ3n) is 2.75. The van der Waals surface area contributed by atoms with E-state index in [0.717, 1.165) is 22.2 Å². The SMILES string of the molecule is C#CCOc1nc2ccccc2c2c1C=CCO2. The number of nitrogens with zero attached hydrogens (tertiary/aromatic N) is 1. The van der Waals surface area contributed by atoms with Crippen molar-refractivity contribution in [3.8, 4) is 24.0 Å². The van der Waals surface area contributed by atoms with Crippen molar-refractivity contribution >= 4 is 17.0 Å². The minimum absolute atomic E-state index is 0.200. The Hall–Kier alpha value is -2.47. The van der Waals surface area contributed by atoms with Crippen molar-refractivity contribution in [2.24, 2.45) is 0 Å². The molecule has 3 nitrogen and oxygen atoms in total. The first-order valence-corrected chi connectivity index (χ1v) is 5.68. The number of fused-ring (bicyclic) bond motifs is 3. The monoisotopic (exact) mass is 237 g/mol.